The fourth-order valence-corrected chi connectivity index (χ4v) is 9.26. The number of ether oxygens (including phenoxy) is 1. The molecule has 5 rings (SSSR count). The SMILES string of the molecule is CN=CC(=Nc1ccc(-c2cnc(C3CCC4(NC(=O)OC(C)C)CCCC3C4)s2)c(S(=O)(=O)C2CC2)c1)NN. The molecule has 2 aromatic rings. The van der Waals surface area contributed by atoms with Gasteiger partial charge in [0.15, 0.2) is 15.7 Å². The second-order valence-corrected chi connectivity index (χ2v) is 14.6. The van der Waals surface area contributed by atoms with Crippen LogP contribution in [0.1, 0.15) is 76.1 Å². The van der Waals surface area contributed by atoms with Crippen LogP contribution in [0.3, 0.4) is 0 Å². The molecular weight excluding hydrogens is 548 g/mol. The van der Waals surface area contributed by atoms with E-state index in [-0.39, 0.29) is 33.8 Å². The van der Waals surface area contributed by atoms with Gasteiger partial charge < -0.3 is 15.5 Å². The van der Waals surface area contributed by atoms with Crippen molar-refractivity contribution in [3.63, 3.8) is 0 Å². The molecule has 1 heterocycles. The highest BCUT2D eigenvalue weighted by atomic mass is 32.2. The number of nitrogens with zero attached hydrogens (tertiary/aromatic N) is 3. The van der Waals surface area contributed by atoms with Crippen molar-refractivity contribution >= 4 is 45.0 Å². The number of hydrogen-bond donors (Lipinski definition) is 3. The van der Waals surface area contributed by atoms with Crippen LogP contribution in [-0.2, 0) is 14.6 Å². The maximum Gasteiger partial charge on any atom is 0.407 e. The highest BCUT2D eigenvalue weighted by molar-refractivity contribution is 7.92. The predicted molar refractivity (Wildman–Crippen MR) is 158 cm³/mol. The lowest BCUT2D eigenvalue weighted by molar-refractivity contribution is 0.0678. The molecule has 10 nitrogen and oxygen atoms in total. The summed E-state index contributed by atoms with van der Waals surface area (Å²) in [7, 11) is -1.90. The molecule has 2 bridgehead atoms. The van der Waals surface area contributed by atoms with Crippen LogP contribution in [0, 0.1) is 5.92 Å². The van der Waals surface area contributed by atoms with Gasteiger partial charge in [0, 0.05) is 30.3 Å². The summed E-state index contributed by atoms with van der Waals surface area (Å²) in [5.41, 5.74) is 3.41. The Morgan fingerprint density at radius 2 is 2.05 bits per heavy atom. The summed E-state index contributed by atoms with van der Waals surface area (Å²) in [6.45, 7) is 3.71. The van der Waals surface area contributed by atoms with Crippen LogP contribution in [-0.4, -0.2) is 55.5 Å². The molecule has 3 saturated carbocycles. The zero-order valence-corrected chi connectivity index (χ0v) is 24.9. The van der Waals surface area contributed by atoms with Crippen molar-refractivity contribution in [2.45, 2.75) is 92.9 Å². The Hall–Kier alpha value is -2.83. The highest BCUT2D eigenvalue weighted by Crippen LogP contribution is 2.51. The molecule has 3 atom stereocenters. The molecule has 12 heteroatoms. The Labute approximate surface area is 239 Å². The maximum atomic E-state index is 13.5. The standard InChI is InChI=1S/C28H38N6O4S2/c1-17(2)38-27(35)33-28-11-4-5-18(14-28)21(10-12-28)26-31-15-23(39-26)22-9-6-19(32-25(34-29)16-30-3)13-24(22)40(36,37)20-7-8-20/h6,9,13,15-18,20-21H,4-5,7-8,10-12,14,29H2,1-3H3,(H,32,34)(H,33,35). The van der Waals surface area contributed by atoms with Crippen LogP contribution in [0.25, 0.3) is 10.4 Å². The van der Waals surface area contributed by atoms with Crippen molar-refractivity contribution in [2.24, 2.45) is 21.7 Å². The van der Waals surface area contributed by atoms with Crippen LogP contribution in [0.4, 0.5) is 10.5 Å². The number of carbonyl (C=O) groups excluding carboxylic acids is 1. The van der Waals surface area contributed by atoms with E-state index in [1.54, 1.807) is 30.5 Å². The van der Waals surface area contributed by atoms with Crippen molar-refractivity contribution in [3.05, 3.63) is 29.4 Å². The van der Waals surface area contributed by atoms with E-state index in [1.165, 1.54) is 6.21 Å². The Kier molecular flexibility index (Phi) is 8.30. The number of nitrogens with two attached hydrogens (primary N) is 1. The summed E-state index contributed by atoms with van der Waals surface area (Å²) >= 11 is 1.58. The van der Waals surface area contributed by atoms with Crippen molar-refractivity contribution < 1.29 is 17.9 Å². The normalized spacial score (nSPS) is 25.3. The van der Waals surface area contributed by atoms with Crippen LogP contribution < -0.4 is 16.6 Å². The first kappa shape index (κ1) is 28.7. The topological polar surface area (TPSA) is 148 Å². The zero-order valence-electron chi connectivity index (χ0n) is 23.2. The molecule has 1 aromatic heterocycles. The molecule has 3 fully saturated rings. The molecule has 3 unspecified atom stereocenters. The number of carbonyl (C=O) groups is 1. The number of hydrogen-bond acceptors (Lipinski definition) is 9. The van der Waals surface area contributed by atoms with E-state index in [0.717, 1.165) is 48.4 Å². The lowest BCUT2D eigenvalue weighted by Crippen LogP contribution is -2.54. The molecule has 40 heavy (non-hydrogen) atoms. The van der Waals surface area contributed by atoms with Crippen molar-refractivity contribution in [1.29, 1.82) is 0 Å². The summed E-state index contributed by atoms with van der Waals surface area (Å²) in [5.74, 6) is 6.57. The molecule has 1 amide bonds. The van der Waals surface area contributed by atoms with Crippen molar-refractivity contribution in [1.82, 2.24) is 15.7 Å². The molecule has 4 N–H and O–H groups in total. The van der Waals surface area contributed by atoms with E-state index in [9.17, 15) is 13.2 Å². The minimum Gasteiger partial charge on any atom is -0.447 e. The number of fused-ring (bicyclic) bond motifs is 2. The van der Waals surface area contributed by atoms with Gasteiger partial charge in [0.05, 0.1) is 38.0 Å². The minimum atomic E-state index is -3.51. The smallest absolute Gasteiger partial charge is 0.407 e. The highest BCUT2D eigenvalue weighted by Gasteiger charge is 2.46. The van der Waals surface area contributed by atoms with Crippen molar-refractivity contribution in [2.75, 3.05) is 7.05 Å². The number of aromatic nitrogens is 1. The van der Waals surface area contributed by atoms with Crippen molar-refractivity contribution in [3.8, 4) is 10.4 Å². The van der Waals surface area contributed by atoms with Crippen LogP contribution in [0.5, 0.6) is 0 Å². The molecule has 3 aliphatic carbocycles. The van der Waals surface area contributed by atoms with Crippen LogP contribution in [0.15, 0.2) is 39.3 Å². The van der Waals surface area contributed by atoms with E-state index in [1.807, 2.05) is 26.1 Å². The van der Waals surface area contributed by atoms with Crippen LogP contribution >= 0.6 is 11.3 Å². The number of sulfone groups is 1. The summed E-state index contributed by atoms with van der Waals surface area (Å²) < 4.78 is 32.4. The number of amides is 1. The molecule has 0 saturated heterocycles. The van der Waals surface area contributed by atoms with Gasteiger partial charge in [-0.2, -0.15) is 0 Å². The number of amidine groups is 1. The number of hydrazine groups is 1. The van der Waals surface area contributed by atoms with Gasteiger partial charge in [-0.15, -0.1) is 11.3 Å². The van der Waals surface area contributed by atoms with Gasteiger partial charge in [0.25, 0.3) is 0 Å². The fraction of sp³-hybridized carbons (Fsp3) is 0.571. The minimum absolute atomic E-state index is 0.153. The van der Waals surface area contributed by atoms with Gasteiger partial charge in [0.1, 0.15) is 0 Å². The first-order valence-electron chi connectivity index (χ1n) is 13.9. The molecule has 1 aromatic carbocycles. The van der Waals surface area contributed by atoms with E-state index in [2.05, 4.69) is 20.7 Å². The Morgan fingerprint density at radius 1 is 1.25 bits per heavy atom. The second kappa shape index (κ2) is 11.6. The average Bonchev–Trinajstić information content (AvgIpc) is 3.67. The molecule has 0 spiro atoms. The number of aliphatic imine (C=N–C) groups is 2. The summed E-state index contributed by atoms with van der Waals surface area (Å²) in [4.78, 5) is 26.7. The van der Waals surface area contributed by atoms with Gasteiger partial charge in [-0.3, -0.25) is 4.99 Å². The fourth-order valence-electron chi connectivity index (χ4n) is 6.13. The zero-order chi connectivity index (χ0) is 28.5. The second-order valence-electron chi connectivity index (χ2n) is 11.4. The summed E-state index contributed by atoms with van der Waals surface area (Å²) in [5, 5.41) is 3.87. The van der Waals surface area contributed by atoms with E-state index >= 15 is 0 Å². The third kappa shape index (κ3) is 6.08. The quantitative estimate of drug-likeness (QED) is 0.173. The molecule has 0 radical (unpaired) electrons. The lowest BCUT2D eigenvalue weighted by Gasteiger charge is -2.48. The van der Waals surface area contributed by atoms with Gasteiger partial charge in [0.2, 0.25) is 0 Å². The number of alkyl carbamates (subject to hydrolysis) is 1. The van der Waals surface area contributed by atoms with E-state index in [4.69, 9.17) is 15.6 Å². The van der Waals surface area contributed by atoms with Crippen LogP contribution in [0.2, 0.25) is 0 Å². The predicted octanol–water partition coefficient (Wildman–Crippen LogP) is 4.88. The Bertz CT molecular complexity index is 1420. The first-order valence-corrected chi connectivity index (χ1v) is 16.3. The molecule has 3 aliphatic rings. The van der Waals surface area contributed by atoms with E-state index < -0.39 is 9.84 Å². The Morgan fingerprint density at radius 3 is 2.75 bits per heavy atom. The molecule has 216 valence electrons. The van der Waals surface area contributed by atoms with E-state index in [0.29, 0.717) is 35.8 Å². The third-order valence-electron chi connectivity index (χ3n) is 8.09. The number of thiazole rings is 1. The summed E-state index contributed by atoms with van der Waals surface area (Å²) in [6.07, 6.45) is 9.97. The van der Waals surface area contributed by atoms with Gasteiger partial charge in [-0.05, 0) is 76.8 Å². The van der Waals surface area contributed by atoms with Gasteiger partial charge in [-0.1, -0.05) is 12.5 Å². The number of nitrogens with one attached hydrogen (secondary N) is 2. The summed E-state index contributed by atoms with van der Waals surface area (Å²) in [6, 6.07) is 5.24. The lowest BCUT2D eigenvalue weighted by atomic mass is 9.63. The maximum absolute atomic E-state index is 13.5. The molecular formula is C28H38N6O4S2. The van der Waals surface area contributed by atoms with Gasteiger partial charge >= 0.3 is 6.09 Å². The largest absolute Gasteiger partial charge is 0.447 e. The third-order valence-corrected chi connectivity index (χ3v) is 11.5. The monoisotopic (exact) mass is 586 g/mol. The number of benzene rings is 1. The Balaban J connectivity index is 1.41. The number of rotatable bonds is 8. The molecule has 0 aliphatic heterocycles. The average molecular weight is 587 g/mol. The first-order chi connectivity index (χ1) is 19.1. The van der Waals surface area contributed by atoms with Gasteiger partial charge in [-0.25, -0.2) is 29.0 Å².